The Hall–Kier alpha value is 0.730. The first-order valence-electron chi connectivity index (χ1n) is 2.52. The molecular weight excluding hydrogens is 267 g/mol. The maximum absolute atomic E-state index is 5.93. The van der Waals surface area contributed by atoms with Crippen LogP contribution in [0.15, 0.2) is 22.7 Å². The van der Waals surface area contributed by atoms with Crippen molar-refractivity contribution in [2.75, 3.05) is 0 Å². The quantitative estimate of drug-likeness (QED) is 0.592. The Morgan fingerprint density at radius 3 is 2.67 bits per heavy atom. The van der Waals surface area contributed by atoms with Gasteiger partial charge in [-0.25, -0.2) is 0 Å². The van der Waals surface area contributed by atoms with Crippen LogP contribution in [-0.4, -0.2) is 3.78 Å². The van der Waals surface area contributed by atoms with Gasteiger partial charge in [-0.15, -0.1) is 11.6 Å². The predicted octanol–water partition coefficient (Wildman–Crippen LogP) is 3.56. The minimum absolute atomic E-state index is 0.361. The fourth-order valence-corrected chi connectivity index (χ4v) is 2.44. The topological polar surface area (TPSA) is 0 Å². The normalized spacial score (nSPS) is 34.3. The van der Waals surface area contributed by atoms with E-state index in [0.717, 1.165) is 10.9 Å². The monoisotopic (exact) mass is 270 g/mol. The zero-order valence-electron chi connectivity index (χ0n) is 4.57. The van der Waals surface area contributed by atoms with Crippen LogP contribution in [-0.2, 0) is 0 Å². The summed E-state index contributed by atoms with van der Waals surface area (Å²) in [4.78, 5) is 0. The van der Waals surface area contributed by atoms with E-state index < -0.39 is 0 Å². The van der Waals surface area contributed by atoms with Gasteiger partial charge < -0.3 is 0 Å². The minimum atomic E-state index is -0.361. The van der Waals surface area contributed by atoms with Crippen molar-refractivity contribution in [1.82, 2.24) is 0 Å². The van der Waals surface area contributed by atoms with E-state index >= 15 is 0 Å². The number of allylic oxidation sites excluding steroid dienone is 4. The van der Waals surface area contributed by atoms with Gasteiger partial charge in [0.2, 0.25) is 0 Å². The van der Waals surface area contributed by atoms with Gasteiger partial charge >= 0.3 is 0 Å². The molecule has 0 aliphatic heterocycles. The second kappa shape index (κ2) is 2.77. The lowest BCUT2D eigenvalue weighted by molar-refractivity contribution is 0.984. The summed E-state index contributed by atoms with van der Waals surface area (Å²) in [7, 11) is 0. The fraction of sp³-hybridized carbons (Fsp3) is 0.333. The highest BCUT2D eigenvalue weighted by atomic mass is 79.9. The molecule has 0 amide bonds. The molecule has 50 valence electrons. The van der Waals surface area contributed by atoms with Crippen LogP contribution in [0.5, 0.6) is 0 Å². The van der Waals surface area contributed by atoms with Crippen molar-refractivity contribution in [3.8, 4) is 0 Å². The van der Waals surface area contributed by atoms with E-state index in [4.69, 9.17) is 11.6 Å². The molecule has 1 rings (SSSR count). The van der Waals surface area contributed by atoms with E-state index in [2.05, 4.69) is 31.9 Å². The fourth-order valence-electron chi connectivity index (χ4n) is 0.636. The Morgan fingerprint density at radius 1 is 1.67 bits per heavy atom. The van der Waals surface area contributed by atoms with Crippen LogP contribution < -0.4 is 0 Å². The summed E-state index contributed by atoms with van der Waals surface area (Å²) in [6.45, 7) is 0. The van der Waals surface area contributed by atoms with Crippen molar-refractivity contribution < 1.29 is 0 Å². The number of rotatable bonds is 0. The summed E-state index contributed by atoms with van der Waals surface area (Å²) in [6, 6.07) is 0. The van der Waals surface area contributed by atoms with Gasteiger partial charge in [-0.2, -0.15) is 0 Å². The van der Waals surface area contributed by atoms with Crippen molar-refractivity contribution in [3.05, 3.63) is 22.7 Å². The number of alkyl halides is 2. The lowest BCUT2D eigenvalue weighted by atomic mass is 10.2. The van der Waals surface area contributed by atoms with Gasteiger partial charge in [-0.05, 0) is 4.48 Å². The first-order valence-corrected chi connectivity index (χ1v) is 4.48. The maximum Gasteiger partial charge on any atom is 0.122 e. The van der Waals surface area contributed by atoms with Gasteiger partial charge in [0.15, 0.2) is 0 Å². The predicted molar refractivity (Wildman–Crippen MR) is 48.3 cm³/mol. The molecule has 0 nitrogen and oxygen atoms in total. The highest BCUT2D eigenvalue weighted by Gasteiger charge is 2.21. The highest BCUT2D eigenvalue weighted by molar-refractivity contribution is 9.12. The van der Waals surface area contributed by atoms with Gasteiger partial charge in [-0.1, -0.05) is 50.1 Å². The lowest BCUT2D eigenvalue weighted by Crippen LogP contribution is -2.09. The smallest absolute Gasteiger partial charge is 0.102 e. The Kier molecular flexibility index (Phi) is 2.41. The summed E-state index contributed by atoms with van der Waals surface area (Å²) in [5, 5.41) is 0. The average molecular weight is 272 g/mol. The molecule has 0 aromatic rings. The Bertz CT molecular complexity index is 170. The van der Waals surface area contributed by atoms with Gasteiger partial charge in [0.1, 0.15) is 3.78 Å². The molecule has 1 unspecified atom stereocenters. The van der Waals surface area contributed by atoms with E-state index in [0.29, 0.717) is 0 Å². The molecule has 0 spiro atoms. The number of hydrogen-bond donors (Lipinski definition) is 0. The third-order valence-corrected chi connectivity index (χ3v) is 2.37. The zero-order valence-corrected chi connectivity index (χ0v) is 8.50. The molecule has 1 aliphatic rings. The molecule has 0 aromatic heterocycles. The van der Waals surface area contributed by atoms with Gasteiger partial charge in [-0.3, -0.25) is 0 Å². The van der Waals surface area contributed by atoms with Crippen molar-refractivity contribution in [2.45, 2.75) is 10.2 Å². The van der Waals surface area contributed by atoms with Crippen LogP contribution in [0.2, 0.25) is 0 Å². The standard InChI is InChI=1S/C6H5Br2Cl/c7-5-2-1-3-6(8,9)4-5/h1-3H,4H2. The average Bonchev–Trinajstić information content (AvgIpc) is 1.60. The summed E-state index contributed by atoms with van der Waals surface area (Å²) in [5.74, 6) is 0. The van der Waals surface area contributed by atoms with E-state index in [1.54, 1.807) is 0 Å². The summed E-state index contributed by atoms with van der Waals surface area (Å²) < 4.78 is 0.762. The first-order chi connectivity index (χ1) is 4.10. The third kappa shape index (κ3) is 2.44. The highest BCUT2D eigenvalue weighted by Crippen LogP contribution is 2.37. The second-order valence-corrected chi connectivity index (χ2v) is 5.48. The largest absolute Gasteiger partial charge is 0.122 e. The van der Waals surface area contributed by atoms with Crippen molar-refractivity contribution >= 4 is 43.5 Å². The summed E-state index contributed by atoms with van der Waals surface area (Å²) in [5.41, 5.74) is 0. The molecule has 3 heteroatoms. The van der Waals surface area contributed by atoms with E-state index in [9.17, 15) is 0 Å². The van der Waals surface area contributed by atoms with Gasteiger partial charge in [0.25, 0.3) is 0 Å². The molecule has 1 atom stereocenters. The van der Waals surface area contributed by atoms with Crippen LogP contribution >= 0.6 is 43.5 Å². The Morgan fingerprint density at radius 2 is 2.33 bits per heavy atom. The summed E-state index contributed by atoms with van der Waals surface area (Å²) in [6.07, 6.45) is 6.64. The Balaban J connectivity index is 2.73. The van der Waals surface area contributed by atoms with Crippen molar-refractivity contribution in [1.29, 1.82) is 0 Å². The van der Waals surface area contributed by atoms with Crippen molar-refractivity contribution in [2.24, 2.45) is 0 Å². The van der Waals surface area contributed by atoms with Crippen LogP contribution in [0.1, 0.15) is 6.42 Å². The molecule has 1 aliphatic carbocycles. The molecule has 0 saturated heterocycles. The molecule has 0 heterocycles. The SMILES string of the molecule is ClC1(Br)C=CC=C(Br)C1. The molecular formula is C6H5Br2Cl. The first kappa shape index (κ1) is 7.83. The second-order valence-electron chi connectivity index (χ2n) is 1.91. The van der Waals surface area contributed by atoms with E-state index in [-0.39, 0.29) is 3.78 Å². The minimum Gasteiger partial charge on any atom is -0.102 e. The van der Waals surface area contributed by atoms with E-state index in [1.165, 1.54) is 0 Å². The van der Waals surface area contributed by atoms with Gasteiger partial charge in [0.05, 0.1) is 0 Å². The summed E-state index contributed by atoms with van der Waals surface area (Å²) >= 11 is 12.6. The third-order valence-electron chi connectivity index (χ3n) is 1.02. The molecule has 0 N–H and O–H groups in total. The molecule has 0 fully saturated rings. The molecule has 0 saturated carbocycles. The van der Waals surface area contributed by atoms with Crippen LogP contribution in [0.25, 0.3) is 0 Å². The van der Waals surface area contributed by atoms with Crippen LogP contribution in [0, 0.1) is 0 Å². The molecule has 9 heavy (non-hydrogen) atoms. The number of hydrogen-bond acceptors (Lipinski definition) is 0. The van der Waals surface area contributed by atoms with Crippen LogP contribution in [0.4, 0.5) is 0 Å². The zero-order chi connectivity index (χ0) is 6.91. The van der Waals surface area contributed by atoms with Crippen molar-refractivity contribution in [3.63, 3.8) is 0 Å². The number of halogens is 3. The van der Waals surface area contributed by atoms with Crippen LogP contribution in [0.3, 0.4) is 0 Å². The molecule has 0 aromatic carbocycles. The Labute approximate surface area is 76.2 Å². The maximum atomic E-state index is 5.93. The lowest BCUT2D eigenvalue weighted by Gasteiger charge is -2.17. The molecule has 0 bridgehead atoms. The van der Waals surface area contributed by atoms with Gasteiger partial charge in [0, 0.05) is 6.42 Å². The van der Waals surface area contributed by atoms with E-state index in [1.807, 2.05) is 18.2 Å². The molecule has 0 radical (unpaired) electrons.